The molecule has 2 N–H and O–H groups in total. The van der Waals surface area contributed by atoms with Crippen molar-refractivity contribution in [2.24, 2.45) is 11.8 Å². The minimum atomic E-state index is -1.05. The van der Waals surface area contributed by atoms with E-state index in [0.29, 0.717) is 24.1 Å². The van der Waals surface area contributed by atoms with E-state index in [-0.39, 0.29) is 19.8 Å². The highest BCUT2D eigenvalue weighted by Crippen LogP contribution is 2.36. The SMILES string of the molecule is C/C=C(\C)C(=O)OCC(C)C(O)C(C)C(=O)OCC1=CC[N+]2([O-])CCC(O)C12. The summed E-state index contributed by atoms with van der Waals surface area (Å²) in [4.78, 5) is 24.0. The predicted molar refractivity (Wildman–Crippen MR) is 102 cm³/mol. The average molecular weight is 397 g/mol. The molecule has 6 atom stereocenters. The van der Waals surface area contributed by atoms with E-state index in [9.17, 15) is 25.0 Å². The topological polar surface area (TPSA) is 116 Å². The number of carbonyl (C=O) groups is 2. The van der Waals surface area contributed by atoms with Gasteiger partial charge in [-0.05, 0) is 26.8 Å². The number of ether oxygens (including phenoxy) is 2. The minimum Gasteiger partial charge on any atom is -0.632 e. The van der Waals surface area contributed by atoms with Crippen molar-refractivity contribution in [1.29, 1.82) is 0 Å². The van der Waals surface area contributed by atoms with Crippen molar-refractivity contribution in [3.63, 3.8) is 0 Å². The fourth-order valence-corrected chi connectivity index (χ4v) is 3.71. The quantitative estimate of drug-likeness (QED) is 0.207. The number of hydrogen-bond donors (Lipinski definition) is 2. The van der Waals surface area contributed by atoms with Gasteiger partial charge in [0.25, 0.3) is 0 Å². The van der Waals surface area contributed by atoms with Crippen LogP contribution in [0.25, 0.3) is 0 Å². The molecule has 0 aromatic carbocycles. The number of aliphatic hydroxyl groups excluding tert-OH is 2. The van der Waals surface area contributed by atoms with Crippen LogP contribution in [0, 0.1) is 17.0 Å². The van der Waals surface area contributed by atoms with Crippen molar-refractivity contribution >= 4 is 11.9 Å². The van der Waals surface area contributed by atoms with E-state index in [0.717, 1.165) is 0 Å². The highest BCUT2D eigenvalue weighted by atomic mass is 16.6. The third kappa shape index (κ3) is 4.81. The largest absolute Gasteiger partial charge is 0.632 e. The summed E-state index contributed by atoms with van der Waals surface area (Å²) >= 11 is 0. The maximum absolute atomic E-state index is 12.6. The number of esters is 2. The second-order valence-corrected chi connectivity index (χ2v) is 7.87. The van der Waals surface area contributed by atoms with E-state index in [2.05, 4.69) is 0 Å². The summed E-state index contributed by atoms with van der Waals surface area (Å²) in [5.74, 6) is -2.33. The highest BCUT2D eigenvalue weighted by Gasteiger charge is 2.47. The Kier molecular flexibility index (Phi) is 7.39. The molecule has 0 spiro atoms. The molecule has 0 aromatic heterocycles. The molecule has 0 aromatic rings. The summed E-state index contributed by atoms with van der Waals surface area (Å²) in [6.45, 7) is 7.15. The van der Waals surface area contributed by atoms with Crippen LogP contribution in [0.1, 0.15) is 34.1 Å². The lowest BCUT2D eigenvalue weighted by molar-refractivity contribution is -0.877. The van der Waals surface area contributed by atoms with Crippen LogP contribution in [0.15, 0.2) is 23.3 Å². The van der Waals surface area contributed by atoms with Gasteiger partial charge in [0.05, 0.1) is 31.7 Å². The lowest BCUT2D eigenvalue weighted by Gasteiger charge is -2.40. The first-order chi connectivity index (χ1) is 13.1. The van der Waals surface area contributed by atoms with Crippen LogP contribution < -0.4 is 0 Å². The molecule has 8 nitrogen and oxygen atoms in total. The molecule has 0 saturated carbocycles. The Morgan fingerprint density at radius 1 is 1.39 bits per heavy atom. The first kappa shape index (κ1) is 22.5. The summed E-state index contributed by atoms with van der Waals surface area (Å²) in [5.41, 5.74) is 1.11. The van der Waals surface area contributed by atoms with Crippen LogP contribution in [-0.4, -0.2) is 71.4 Å². The fraction of sp³-hybridized carbons (Fsp3) is 0.700. The van der Waals surface area contributed by atoms with Gasteiger partial charge in [-0.15, -0.1) is 0 Å². The standard InChI is InChI=1S/C20H31NO7/c1-5-12(2)19(24)27-10-13(3)18(23)14(4)20(25)28-11-15-6-8-21(26)9-7-16(22)17(15)21/h5-6,13-14,16-18,22-23H,7-11H2,1-4H3/b12-5+. The number of hydrogen-bond acceptors (Lipinski definition) is 7. The van der Waals surface area contributed by atoms with Crippen LogP contribution in [0.2, 0.25) is 0 Å². The molecule has 0 radical (unpaired) electrons. The minimum absolute atomic E-state index is 0.0155. The number of allylic oxidation sites excluding steroid dienone is 1. The molecule has 6 unspecified atom stereocenters. The van der Waals surface area contributed by atoms with Crippen molar-refractivity contribution < 1.29 is 33.9 Å². The maximum atomic E-state index is 12.6. The van der Waals surface area contributed by atoms with Crippen LogP contribution >= 0.6 is 0 Å². The van der Waals surface area contributed by atoms with Gasteiger partial charge in [0.2, 0.25) is 0 Å². The Balaban J connectivity index is 1.82. The van der Waals surface area contributed by atoms with Crippen LogP contribution in [0.5, 0.6) is 0 Å². The molecule has 2 heterocycles. The highest BCUT2D eigenvalue weighted by molar-refractivity contribution is 5.87. The summed E-state index contributed by atoms with van der Waals surface area (Å²) < 4.78 is 9.94. The summed E-state index contributed by atoms with van der Waals surface area (Å²) in [6, 6.07) is -0.568. The fourth-order valence-electron chi connectivity index (χ4n) is 3.71. The zero-order chi connectivity index (χ0) is 21.1. The third-order valence-corrected chi connectivity index (χ3v) is 5.80. The lowest BCUT2D eigenvalue weighted by Crippen LogP contribution is -2.46. The first-order valence-electron chi connectivity index (χ1n) is 9.70. The second-order valence-electron chi connectivity index (χ2n) is 7.87. The Bertz CT molecular complexity index is 659. The number of fused-ring (bicyclic) bond motifs is 1. The van der Waals surface area contributed by atoms with Crippen molar-refractivity contribution in [2.75, 3.05) is 26.3 Å². The van der Waals surface area contributed by atoms with Gasteiger partial charge in [0, 0.05) is 23.5 Å². The molecular weight excluding hydrogens is 366 g/mol. The number of aliphatic hydroxyl groups is 2. The van der Waals surface area contributed by atoms with E-state index >= 15 is 0 Å². The molecule has 28 heavy (non-hydrogen) atoms. The number of rotatable bonds is 8. The molecule has 1 fully saturated rings. The summed E-state index contributed by atoms with van der Waals surface area (Å²) in [6.07, 6.45) is 2.05. The van der Waals surface area contributed by atoms with Gasteiger partial charge in [-0.2, -0.15) is 0 Å². The maximum Gasteiger partial charge on any atom is 0.333 e. The Labute approximate surface area is 165 Å². The van der Waals surface area contributed by atoms with Gasteiger partial charge in [0.1, 0.15) is 18.8 Å². The van der Waals surface area contributed by atoms with Gasteiger partial charge in [0.15, 0.2) is 0 Å². The van der Waals surface area contributed by atoms with E-state index in [1.54, 1.807) is 39.8 Å². The van der Waals surface area contributed by atoms with Crippen molar-refractivity contribution in [2.45, 2.75) is 52.4 Å². The Hall–Kier alpha value is -1.74. The second kappa shape index (κ2) is 9.17. The zero-order valence-corrected chi connectivity index (χ0v) is 17.0. The summed E-state index contributed by atoms with van der Waals surface area (Å²) in [5, 5.41) is 33.0. The zero-order valence-electron chi connectivity index (χ0n) is 17.0. The lowest BCUT2D eigenvalue weighted by atomic mass is 9.94. The molecule has 8 heteroatoms. The van der Waals surface area contributed by atoms with Gasteiger partial charge in [-0.25, -0.2) is 4.79 Å². The van der Waals surface area contributed by atoms with Gasteiger partial charge >= 0.3 is 11.9 Å². The van der Waals surface area contributed by atoms with Crippen molar-refractivity contribution in [3.8, 4) is 0 Å². The molecule has 2 aliphatic rings. The summed E-state index contributed by atoms with van der Waals surface area (Å²) in [7, 11) is 0. The number of nitrogens with zero attached hydrogens (tertiary/aromatic N) is 1. The molecule has 0 bridgehead atoms. The Morgan fingerprint density at radius 3 is 2.71 bits per heavy atom. The van der Waals surface area contributed by atoms with Gasteiger partial charge < -0.3 is 29.5 Å². The van der Waals surface area contributed by atoms with Crippen LogP contribution in [0.4, 0.5) is 0 Å². The molecule has 2 aliphatic heterocycles. The van der Waals surface area contributed by atoms with Crippen LogP contribution in [-0.2, 0) is 19.1 Å². The van der Waals surface area contributed by atoms with Crippen molar-refractivity contribution in [3.05, 3.63) is 28.5 Å². The smallest absolute Gasteiger partial charge is 0.333 e. The van der Waals surface area contributed by atoms with E-state index in [1.165, 1.54) is 0 Å². The number of quaternary nitrogens is 1. The molecule has 1 saturated heterocycles. The first-order valence-corrected chi connectivity index (χ1v) is 9.70. The van der Waals surface area contributed by atoms with Gasteiger partial charge in [-0.1, -0.05) is 13.0 Å². The third-order valence-electron chi connectivity index (χ3n) is 5.80. The monoisotopic (exact) mass is 397 g/mol. The molecule has 0 aliphatic carbocycles. The average Bonchev–Trinajstić information content (AvgIpc) is 3.17. The normalized spacial score (nSPS) is 30.2. The predicted octanol–water partition coefficient (Wildman–Crippen LogP) is 1.06. The van der Waals surface area contributed by atoms with E-state index in [4.69, 9.17) is 9.47 Å². The Morgan fingerprint density at radius 2 is 2.07 bits per heavy atom. The van der Waals surface area contributed by atoms with E-state index in [1.807, 2.05) is 0 Å². The molecule has 0 amide bonds. The molecule has 158 valence electrons. The molecular formula is C20H31NO7. The number of hydroxylamine groups is 3. The van der Waals surface area contributed by atoms with Crippen molar-refractivity contribution in [1.82, 2.24) is 0 Å². The number of carbonyl (C=O) groups excluding carboxylic acids is 2. The van der Waals surface area contributed by atoms with Crippen LogP contribution in [0.3, 0.4) is 0 Å². The van der Waals surface area contributed by atoms with Gasteiger partial charge in [-0.3, -0.25) is 4.79 Å². The molecule has 2 rings (SSSR count). The van der Waals surface area contributed by atoms with E-state index < -0.39 is 46.7 Å².